The van der Waals surface area contributed by atoms with E-state index in [1.807, 2.05) is 24.8 Å². The van der Waals surface area contributed by atoms with Crippen molar-refractivity contribution in [3.8, 4) is 0 Å². The van der Waals surface area contributed by atoms with Crippen molar-refractivity contribution < 1.29 is 9.53 Å². The third-order valence-corrected chi connectivity index (χ3v) is 5.40. The summed E-state index contributed by atoms with van der Waals surface area (Å²) in [4.78, 5) is 22.8. The molecule has 2 aliphatic rings. The zero-order valence-electron chi connectivity index (χ0n) is 15.0. The number of carbonyl (C=O) groups is 1. The summed E-state index contributed by atoms with van der Waals surface area (Å²) in [6, 6.07) is 2.02. The highest BCUT2D eigenvalue weighted by Gasteiger charge is 2.46. The molecule has 0 radical (unpaired) electrons. The second-order valence-electron chi connectivity index (χ2n) is 7.40. The Balaban J connectivity index is 1.56. The van der Waals surface area contributed by atoms with Crippen molar-refractivity contribution in [2.24, 2.45) is 11.8 Å². The number of methoxy groups -OCH3 is 1. The van der Waals surface area contributed by atoms with E-state index in [1.165, 1.54) is 12.8 Å². The summed E-state index contributed by atoms with van der Waals surface area (Å²) in [6.45, 7) is 5.86. The first kappa shape index (κ1) is 16.3. The van der Waals surface area contributed by atoms with E-state index in [9.17, 15) is 4.79 Å². The van der Waals surface area contributed by atoms with E-state index in [0.717, 1.165) is 29.5 Å². The van der Waals surface area contributed by atoms with E-state index in [1.54, 1.807) is 7.11 Å². The maximum Gasteiger partial charge on any atom is 0.270 e. The number of hydrogen-bond acceptors (Lipinski definition) is 4. The second-order valence-corrected chi connectivity index (χ2v) is 7.40. The van der Waals surface area contributed by atoms with Crippen LogP contribution in [0.5, 0.6) is 0 Å². The number of ether oxygens (including phenoxy) is 1. The van der Waals surface area contributed by atoms with Crippen molar-refractivity contribution in [3.05, 3.63) is 34.7 Å². The zero-order chi connectivity index (χ0) is 17.6. The van der Waals surface area contributed by atoms with Gasteiger partial charge in [0.15, 0.2) is 11.6 Å². The summed E-state index contributed by atoms with van der Waals surface area (Å²) in [7, 11) is 1.64. The van der Waals surface area contributed by atoms with Gasteiger partial charge in [0.05, 0.1) is 0 Å². The Kier molecular flexibility index (Phi) is 4.11. The average molecular weight is 343 g/mol. The highest BCUT2D eigenvalue weighted by Crippen LogP contribution is 2.47. The van der Waals surface area contributed by atoms with Gasteiger partial charge in [0.25, 0.3) is 5.91 Å². The molecule has 1 aliphatic carbocycles. The van der Waals surface area contributed by atoms with Gasteiger partial charge in [-0.25, -0.2) is 4.98 Å². The minimum atomic E-state index is 0.0893. The largest absolute Gasteiger partial charge is 0.377 e. The number of carbonyl (C=O) groups excluding carboxylic acids is 1. The lowest BCUT2D eigenvalue weighted by Crippen LogP contribution is -2.30. The lowest BCUT2D eigenvalue weighted by molar-refractivity contribution is 0.0778. The van der Waals surface area contributed by atoms with Crippen LogP contribution in [0, 0.1) is 25.7 Å². The summed E-state index contributed by atoms with van der Waals surface area (Å²) in [6.07, 6.45) is 2.50. The number of amides is 1. The molecule has 1 saturated heterocycles. The van der Waals surface area contributed by atoms with Gasteiger partial charge in [-0.2, -0.15) is 5.10 Å². The highest BCUT2D eigenvalue weighted by atomic mass is 16.5. The summed E-state index contributed by atoms with van der Waals surface area (Å²) in [5.74, 6) is 3.00. The predicted octanol–water partition coefficient (Wildman–Crippen LogP) is 2.16. The fourth-order valence-corrected chi connectivity index (χ4v) is 4.06. The fraction of sp³-hybridized carbons (Fsp3) is 0.611. The first-order valence-electron chi connectivity index (χ1n) is 8.92. The van der Waals surface area contributed by atoms with Crippen LogP contribution in [0.2, 0.25) is 0 Å². The van der Waals surface area contributed by atoms with Crippen LogP contribution in [0.1, 0.15) is 52.2 Å². The van der Waals surface area contributed by atoms with Crippen molar-refractivity contribution in [3.63, 3.8) is 0 Å². The number of likely N-dealkylation sites (tertiary alicyclic amines) is 1. The normalized spacial score (nSPS) is 23.4. The van der Waals surface area contributed by atoms with E-state index in [0.29, 0.717) is 30.7 Å². The van der Waals surface area contributed by atoms with Crippen LogP contribution in [0.25, 0.3) is 0 Å². The van der Waals surface area contributed by atoms with Gasteiger partial charge in [-0.3, -0.25) is 9.89 Å². The van der Waals surface area contributed by atoms with Gasteiger partial charge in [0.2, 0.25) is 0 Å². The standard InChI is InChI=1S/C18H25N5O2/c1-10-6-11(2)19-16(10)18(24)23-7-13(12-4-5-12)14(8-23)17-20-15(9-25-3)21-22-17/h6,12-14,19H,4-5,7-9H2,1-3H3,(H,20,21,22)/t13-,14+/m1/s1. The third kappa shape index (κ3) is 3.08. The molecule has 2 aromatic heterocycles. The van der Waals surface area contributed by atoms with Crippen LogP contribution >= 0.6 is 0 Å². The maximum absolute atomic E-state index is 13.0. The van der Waals surface area contributed by atoms with Gasteiger partial charge in [-0.1, -0.05) is 0 Å². The van der Waals surface area contributed by atoms with Crippen LogP contribution < -0.4 is 0 Å². The van der Waals surface area contributed by atoms with Crippen LogP contribution in [0.15, 0.2) is 6.07 Å². The molecule has 134 valence electrons. The van der Waals surface area contributed by atoms with Gasteiger partial charge in [-0.15, -0.1) is 0 Å². The van der Waals surface area contributed by atoms with Crippen molar-refractivity contribution >= 4 is 5.91 Å². The molecule has 2 N–H and O–H groups in total. The molecule has 2 aromatic rings. The minimum Gasteiger partial charge on any atom is -0.377 e. The molecular formula is C18H25N5O2. The second kappa shape index (κ2) is 6.29. The number of nitrogens with one attached hydrogen (secondary N) is 2. The topological polar surface area (TPSA) is 86.9 Å². The van der Waals surface area contributed by atoms with Crippen LogP contribution in [0.4, 0.5) is 0 Å². The lowest BCUT2D eigenvalue weighted by Gasteiger charge is -2.16. The fourth-order valence-electron chi connectivity index (χ4n) is 4.06. The Hall–Kier alpha value is -2.15. The van der Waals surface area contributed by atoms with Crippen molar-refractivity contribution in [1.82, 2.24) is 25.1 Å². The number of hydrogen-bond donors (Lipinski definition) is 2. The molecule has 7 nitrogen and oxygen atoms in total. The van der Waals surface area contributed by atoms with E-state index in [4.69, 9.17) is 4.74 Å². The Morgan fingerprint density at radius 2 is 2.16 bits per heavy atom. The molecular weight excluding hydrogens is 318 g/mol. The molecule has 0 aromatic carbocycles. The third-order valence-electron chi connectivity index (χ3n) is 5.40. The van der Waals surface area contributed by atoms with E-state index >= 15 is 0 Å². The van der Waals surface area contributed by atoms with E-state index < -0.39 is 0 Å². The molecule has 2 fully saturated rings. The Bertz CT molecular complexity index is 776. The maximum atomic E-state index is 13.0. The first-order valence-corrected chi connectivity index (χ1v) is 8.92. The summed E-state index contributed by atoms with van der Waals surface area (Å²) < 4.78 is 5.12. The molecule has 2 atom stereocenters. The summed E-state index contributed by atoms with van der Waals surface area (Å²) in [5, 5.41) is 7.36. The quantitative estimate of drug-likeness (QED) is 0.871. The van der Waals surface area contributed by atoms with Gasteiger partial charge in [-0.05, 0) is 50.2 Å². The van der Waals surface area contributed by atoms with Crippen molar-refractivity contribution in [2.45, 2.75) is 39.2 Å². The van der Waals surface area contributed by atoms with Crippen LogP contribution in [0.3, 0.4) is 0 Å². The number of nitrogens with zero attached hydrogens (tertiary/aromatic N) is 3. The Morgan fingerprint density at radius 1 is 1.36 bits per heavy atom. The highest BCUT2D eigenvalue weighted by molar-refractivity contribution is 5.94. The molecule has 1 amide bonds. The predicted molar refractivity (Wildman–Crippen MR) is 92.2 cm³/mol. The van der Waals surface area contributed by atoms with Gasteiger partial charge >= 0.3 is 0 Å². The molecule has 0 bridgehead atoms. The van der Waals surface area contributed by atoms with Crippen LogP contribution in [-0.2, 0) is 11.3 Å². The number of H-pyrrole nitrogens is 2. The van der Waals surface area contributed by atoms with Gasteiger partial charge < -0.3 is 14.6 Å². The molecule has 3 heterocycles. The smallest absolute Gasteiger partial charge is 0.270 e. The first-order chi connectivity index (χ1) is 12.1. The zero-order valence-corrected chi connectivity index (χ0v) is 15.0. The molecule has 7 heteroatoms. The number of aromatic nitrogens is 4. The number of aryl methyl sites for hydroxylation is 2. The molecule has 4 rings (SSSR count). The molecule has 1 saturated carbocycles. The van der Waals surface area contributed by atoms with Crippen molar-refractivity contribution in [2.75, 3.05) is 20.2 Å². The lowest BCUT2D eigenvalue weighted by atomic mass is 9.91. The molecule has 0 unspecified atom stereocenters. The Labute approximate surface area is 147 Å². The number of rotatable bonds is 5. The molecule has 0 spiro atoms. The average Bonchev–Trinajstić information content (AvgIpc) is 3.01. The SMILES string of the molecule is COCc1nc([C@H]2CN(C(=O)c3[nH]c(C)cc3C)C[C@@H]2C2CC2)n[nH]1. The van der Waals surface area contributed by atoms with E-state index in [2.05, 4.69) is 20.2 Å². The van der Waals surface area contributed by atoms with Gasteiger partial charge in [0, 0.05) is 31.8 Å². The monoisotopic (exact) mass is 343 g/mol. The van der Waals surface area contributed by atoms with Crippen LogP contribution in [-0.4, -0.2) is 51.2 Å². The summed E-state index contributed by atoms with van der Waals surface area (Å²) in [5.41, 5.74) is 2.74. The Morgan fingerprint density at radius 3 is 2.80 bits per heavy atom. The molecule has 1 aliphatic heterocycles. The minimum absolute atomic E-state index is 0.0893. The van der Waals surface area contributed by atoms with Gasteiger partial charge in [0.1, 0.15) is 12.3 Å². The number of aromatic amines is 2. The van der Waals surface area contributed by atoms with Crippen molar-refractivity contribution in [1.29, 1.82) is 0 Å². The summed E-state index contributed by atoms with van der Waals surface area (Å²) >= 11 is 0. The molecule has 25 heavy (non-hydrogen) atoms. The van der Waals surface area contributed by atoms with E-state index in [-0.39, 0.29) is 11.8 Å².